The molecule has 4 aromatic heterocycles. The van der Waals surface area contributed by atoms with Crippen molar-refractivity contribution in [3.63, 3.8) is 0 Å². The van der Waals surface area contributed by atoms with Crippen LogP contribution < -0.4 is 97.3 Å². The van der Waals surface area contributed by atoms with Gasteiger partial charge in [-0.3, -0.25) is 17.5 Å². The van der Waals surface area contributed by atoms with E-state index in [1.165, 1.54) is 162 Å². The van der Waals surface area contributed by atoms with E-state index in [9.17, 15) is 16.8 Å². The van der Waals surface area contributed by atoms with E-state index in [1.54, 1.807) is 9.80 Å². The Bertz CT molecular complexity index is 4170. The number of nitrogens with zero attached hydrogens (tertiary/aromatic N) is 22. The SMILES string of the molecule is COS(=O)(=O)O.COS(=O)(=O)O.Cn1cc[n+](C)c1N=Nc1ccc(N2CC[N+](C)(CCCCCC[N+]3(C)CCN(c4ccc(N=Nc5n(C)cc[n+]5C)cc4)CC3)CC2)cc1.Cn1cc[n+](C)c1N=Nc1ccc(N2CC[NH+](CCCCCC[NH+]3CCN(c4ccc(N=Nc5n(C)cc[n+]5C)cc4)CC3)CC2)cc1.I.II.[Cl-].[Cl-].[Cl-].[Cl-]. The average Bonchev–Trinajstić information content (AvgIpc) is 1.54. The van der Waals surface area contributed by atoms with Gasteiger partial charge >= 0.3 is 44.6 Å². The van der Waals surface area contributed by atoms with Gasteiger partial charge in [0.1, 0.15) is 22.7 Å². The number of hydrogen-bond donors (Lipinski definition) is 4. The molecule has 4 N–H and O–H groups in total. The molecule has 0 saturated carbocycles. The van der Waals surface area contributed by atoms with E-state index in [-0.39, 0.29) is 73.6 Å². The van der Waals surface area contributed by atoms with Crippen molar-refractivity contribution in [2.24, 2.45) is 97.3 Å². The van der Waals surface area contributed by atoms with Crippen molar-refractivity contribution in [3.05, 3.63) is 147 Å². The third-order valence-corrected chi connectivity index (χ3v) is 22.3. The van der Waals surface area contributed by atoms with E-state index in [4.69, 9.17) is 9.11 Å². The van der Waals surface area contributed by atoms with Gasteiger partial charge in [0.05, 0.1) is 265 Å². The summed E-state index contributed by atoms with van der Waals surface area (Å²) in [4.78, 5) is 13.6. The first-order chi connectivity index (χ1) is 53.6. The molecule has 41 heteroatoms. The van der Waals surface area contributed by atoms with Crippen LogP contribution in [0.15, 0.2) is 188 Å². The number of halogens is 7. The maximum Gasteiger partial charge on any atom is 0.421 e. The quantitative estimate of drug-likeness (QED) is 0.00984. The second kappa shape index (κ2) is 52.5. The fourth-order valence-electron chi connectivity index (χ4n) is 14.2. The van der Waals surface area contributed by atoms with E-state index in [1.807, 2.05) is 142 Å². The standard InChI is InChI=1S/C38H58N12.C36H52N12.2CH4O4S.4ClH.I2.HI/c1-43-19-20-44(2)37(43)41-39-33-11-15-35(16-12-33)47-23-29-49(5,30-24-47)27-9-7-8-10-28-50(6)31-25-48(26-32-50)36-17-13-34(14-18-36)40-42-38-45(3)21-22-46(38)4;1-41-19-20-42(2)35(41)39-37-31-9-13-33(14-10-31)47-27-23-45(24-28-47)17-7-5-6-8-18-46-25-29-48(30-26-46)34-15-11-32(12-16-34)38-40-36-43(3)21-22-44(36)4;2*1-5-6(2,3)4;;;;;1-2;/h11-22H,7-10,23-32H2,1-6H3;9-16,19-22H,5-8,17-18,23-30H2,1-4H3;2*1H3,(H,2,3,4);4*1H;;1H/q+4;+2;;;;;;;;/p-2. The normalized spacial score (nSPS) is 15.6. The van der Waals surface area contributed by atoms with Gasteiger partial charge in [-0.15, -0.1) is 24.0 Å². The first kappa shape index (κ1) is 105. The Balaban J connectivity index is 0.000000502. The lowest BCUT2D eigenvalue weighted by molar-refractivity contribution is -0.910. The zero-order chi connectivity index (χ0) is 80.9. The fourth-order valence-corrected chi connectivity index (χ4v) is 14.2. The predicted octanol–water partition coefficient (Wildman–Crippen LogP) is -2.57. The summed E-state index contributed by atoms with van der Waals surface area (Å²) >= 11 is 4.24. The van der Waals surface area contributed by atoms with Crippen molar-refractivity contribution in [3.8, 4) is 0 Å². The summed E-state index contributed by atoms with van der Waals surface area (Å²) in [6, 6.07) is 34.1. The Kier molecular flexibility index (Phi) is 47.4. The fraction of sp³-hybridized carbons (Fsp3) is 0.526. The average molecular weight is 2090 g/mol. The summed E-state index contributed by atoms with van der Waals surface area (Å²) in [6.45, 7) is 23.8. The van der Waals surface area contributed by atoms with Gasteiger partial charge < -0.3 is 88.0 Å². The van der Waals surface area contributed by atoms with Gasteiger partial charge in [-0.1, -0.05) is 20.5 Å². The predicted molar refractivity (Wildman–Crippen MR) is 468 cm³/mol. The van der Waals surface area contributed by atoms with Crippen LogP contribution >= 0.6 is 61.2 Å². The van der Waals surface area contributed by atoms with Gasteiger partial charge in [0.2, 0.25) is 0 Å². The highest BCUT2D eigenvalue weighted by Crippen LogP contribution is 2.28. The largest absolute Gasteiger partial charge is 1.00 e. The van der Waals surface area contributed by atoms with Crippen LogP contribution in [0.2, 0.25) is 0 Å². The summed E-state index contributed by atoms with van der Waals surface area (Å²) < 4.78 is 77.5. The van der Waals surface area contributed by atoms with Gasteiger partial charge in [0.15, 0.2) is 0 Å². The number of imidazole rings is 4. The van der Waals surface area contributed by atoms with E-state index in [0.717, 1.165) is 113 Å². The summed E-state index contributed by atoms with van der Waals surface area (Å²) in [5, 5.41) is 35.4. The zero-order valence-corrected chi connectivity index (χ0v) is 80.6. The number of rotatable bonds is 28. The number of aromatic nitrogens is 8. The lowest BCUT2D eigenvalue weighted by Crippen LogP contribution is -3.15. The van der Waals surface area contributed by atoms with Gasteiger partial charge in [0.25, 0.3) is 0 Å². The molecule has 0 aliphatic carbocycles. The Morgan fingerprint density at radius 3 is 0.778 bits per heavy atom. The van der Waals surface area contributed by atoms with Crippen LogP contribution in [0.3, 0.4) is 0 Å². The van der Waals surface area contributed by atoms with E-state index >= 15 is 0 Å². The smallest absolute Gasteiger partial charge is 0.421 e. The topological polar surface area (TPSA) is 283 Å². The number of quaternary nitrogens is 4. The van der Waals surface area contributed by atoms with Crippen LogP contribution in [0.25, 0.3) is 0 Å². The molecule has 4 saturated heterocycles. The maximum atomic E-state index is 9.33. The molecule has 650 valence electrons. The van der Waals surface area contributed by atoms with Crippen molar-refractivity contribution in [2.75, 3.05) is 179 Å². The number of likely N-dealkylation sites (N-methyl/N-ethyl adjacent to an activating group) is 2. The molecule has 4 aliphatic heterocycles. The molecule has 4 fully saturated rings. The molecule has 12 rings (SSSR count). The molecule has 0 spiro atoms. The zero-order valence-electron chi connectivity index (χ0n) is 69.3. The van der Waals surface area contributed by atoms with Crippen molar-refractivity contribution >= 4 is 151 Å². The first-order valence-corrected chi connectivity index (χ1v) is 47.3. The molecule has 0 unspecified atom stereocenters. The molecule has 8 aromatic rings. The molecule has 0 atom stereocenters. The molecule has 8 heterocycles. The second-order valence-electron chi connectivity index (χ2n) is 29.7. The summed E-state index contributed by atoms with van der Waals surface area (Å²) in [5.41, 5.74) is 8.67. The van der Waals surface area contributed by atoms with Gasteiger partial charge in [-0.25, -0.2) is 36.5 Å². The Morgan fingerprint density at radius 1 is 0.376 bits per heavy atom. The van der Waals surface area contributed by atoms with E-state index in [2.05, 4.69) is 217 Å². The van der Waals surface area contributed by atoms with Crippen LogP contribution in [0.4, 0.5) is 69.3 Å². The number of benzene rings is 4. The molecule has 0 amide bonds. The Hall–Kier alpha value is -5.75. The summed E-state index contributed by atoms with van der Waals surface area (Å²) in [5.74, 6) is 3.30. The van der Waals surface area contributed by atoms with Crippen LogP contribution in [0.5, 0.6) is 0 Å². The van der Waals surface area contributed by atoms with Crippen LogP contribution in [0.1, 0.15) is 51.4 Å². The Labute approximate surface area is 757 Å². The van der Waals surface area contributed by atoms with Crippen LogP contribution in [-0.4, -0.2) is 212 Å². The molecule has 4 aliphatic rings. The molecular weight excluding hydrogens is 1960 g/mol. The van der Waals surface area contributed by atoms with Crippen molar-refractivity contribution in [1.29, 1.82) is 0 Å². The van der Waals surface area contributed by atoms with Gasteiger partial charge in [-0.05, 0) is 148 Å². The highest BCUT2D eigenvalue weighted by molar-refractivity contribution is 15.0. The molecular formula is C76H121Cl4I3N24O8S2+4. The minimum absolute atomic E-state index is 0. The van der Waals surface area contributed by atoms with Gasteiger partial charge in [-0.2, -0.15) is 16.8 Å². The van der Waals surface area contributed by atoms with Crippen molar-refractivity contribution in [1.82, 2.24) is 18.3 Å². The Morgan fingerprint density at radius 2 is 0.581 bits per heavy atom. The number of piperazine rings is 4. The lowest BCUT2D eigenvalue weighted by atomic mass is 10.1. The van der Waals surface area contributed by atoms with E-state index in [0.29, 0.717) is 0 Å². The van der Waals surface area contributed by atoms with Gasteiger partial charge in [0, 0.05) is 80.4 Å². The third-order valence-electron chi connectivity index (χ3n) is 21.4. The van der Waals surface area contributed by atoms with Crippen LogP contribution in [0, 0.1) is 0 Å². The molecule has 0 bridgehead atoms. The van der Waals surface area contributed by atoms with E-state index < -0.39 is 20.8 Å². The molecule has 32 nitrogen and oxygen atoms in total. The second-order valence-corrected chi connectivity index (χ2v) is 32.1. The van der Waals surface area contributed by atoms with Crippen molar-refractivity contribution in [2.45, 2.75) is 51.4 Å². The number of azo groups is 4. The van der Waals surface area contributed by atoms with Crippen molar-refractivity contribution < 1.29 is 121 Å². The lowest BCUT2D eigenvalue weighted by Gasteiger charge is -2.43. The number of aryl methyl sites for hydroxylation is 8. The first-order valence-electron chi connectivity index (χ1n) is 38.3. The number of nitrogens with one attached hydrogen (secondary N) is 2. The monoisotopic (exact) mass is 2080 g/mol. The number of unbranched alkanes of at least 4 members (excludes halogenated alkanes) is 6. The van der Waals surface area contributed by atoms with Crippen LogP contribution in [-0.2, 0) is 85.5 Å². The molecule has 0 radical (unpaired) electrons. The minimum Gasteiger partial charge on any atom is -1.00 e. The highest BCUT2D eigenvalue weighted by Gasteiger charge is 2.31. The number of hydrogen-bond acceptors (Lipinski definition) is 18. The molecule has 117 heavy (non-hydrogen) atoms. The summed E-state index contributed by atoms with van der Waals surface area (Å²) in [6.07, 6.45) is 26.6. The highest BCUT2D eigenvalue weighted by atomic mass is 128. The minimum atomic E-state index is -4.16. The number of anilines is 4. The molecule has 4 aromatic carbocycles. The maximum absolute atomic E-state index is 9.33. The third kappa shape index (κ3) is 35.0. The summed E-state index contributed by atoms with van der Waals surface area (Å²) in [7, 11) is 14.2.